The second-order valence-corrected chi connectivity index (χ2v) is 25.9. The van der Waals surface area contributed by atoms with Crippen LogP contribution in [0.3, 0.4) is 0 Å². The minimum atomic E-state index is 1.16. The molecule has 0 fully saturated rings. The zero-order valence-electron chi connectivity index (χ0n) is 58.1. The van der Waals surface area contributed by atoms with E-state index in [2.05, 4.69) is 404 Å². The average molecular weight is 1300 g/mol. The fourth-order valence-electron chi connectivity index (χ4n) is 12.9. The van der Waals surface area contributed by atoms with Crippen molar-refractivity contribution in [3.63, 3.8) is 0 Å². The summed E-state index contributed by atoms with van der Waals surface area (Å²) in [6.07, 6.45) is 3.71. The van der Waals surface area contributed by atoms with Gasteiger partial charge in [-0.1, -0.05) is 374 Å². The van der Waals surface area contributed by atoms with Gasteiger partial charge < -0.3 is 0 Å². The van der Waals surface area contributed by atoms with Crippen molar-refractivity contribution in [1.82, 2.24) is 4.98 Å². The molecule has 0 saturated carbocycles. The molecule has 1 heterocycles. The Morgan fingerprint density at radius 3 is 0.743 bits per heavy atom. The van der Waals surface area contributed by atoms with E-state index in [1.807, 2.05) is 30.5 Å². The number of benzene rings is 16. The molecule has 1 aromatic heterocycles. The summed E-state index contributed by atoms with van der Waals surface area (Å²) in [5.41, 5.74) is 28.9. The van der Waals surface area contributed by atoms with E-state index in [0.717, 1.165) is 5.56 Å². The van der Waals surface area contributed by atoms with Gasteiger partial charge in [0.15, 0.2) is 0 Å². The molecule has 0 aliphatic carbocycles. The van der Waals surface area contributed by atoms with Crippen molar-refractivity contribution >= 4 is 32.3 Å². The fourth-order valence-corrected chi connectivity index (χ4v) is 12.9. The van der Waals surface area contributed by atoms with E-state index in [0.29, 0.717) is 0 Å². The lowest BCUT2D eigenvalue weighted by atomic mass is 9.93. The Labute approximate surface area is 596 Å². The number of rotatable bonds is 9. The number of fused-ring (bicyclic) bond motifs is 6. The van der Waals surface area contributed by atoms with Gasteiger partial charge in [0.2, 0.25) is 0 Å². The van der Waals surface area contributed by atoms with Gasteiger partial charge in [0.05, 0.1) is 0 Å². The van der Waals surface area contributed by atoms with Gasteiger partial charge in [0.1, 0.15) is 0 Å². The molecule has 486 valence electrons. The Hall–Kier alpha value is -12.6. The van der Waals surface area contributed by atoms with Crippen LogP contribution < -0.4 is 0 Å². The van der Waals surface area contributed by atoms with Gasteiger partial charge >= 0.3 is 0 Å². The first-order valence-electron chi connectivity index (χ1n) is 34.8. The molecule has 101 heavy (non-hydrogen) atoms. The topological polar surface area (TPSA) is 12.9 Å². The minimum absolute atomic E-state index is 1.16. The molecule has 17 aromatic rings. The molecule has 0 atom stereocenters. The Kier molecular flexibility index (Phi) is 21.7. The quantitative estimate of drug-likeness (QED) is 0.131. The highest BCUT2D eigenvalue weighted by Crippen LogP contribution is 2.37. The fraction of sp³-hybridized carbons (Fsp3) is 0.0500. The molecular weight excluding hydrogens is 1220 g/mol. The van der Waals surface area contributed by atoms with Crippen LogP contribution in [0.25, 0.3) is 132 Å². The van der Waals surface area contributed by atoms with Crippen LogP contribution in [-0.4, -0.2) is 4.98 Å². The van der Waals surface area contributed by atoms with E-state index < -0.39 is 0 Å². The molecule has 0 saturated heterocycles. The van der Waals surface area contributed by atoms with E-state index in [4.69, 9.17) is 0 Å². The maximum absolute atomic E-state index is 4.19. The van der Waals surface area contributed by atoms with Crippen LogP contribution in [0.2, 0.25) is 0 Å². The third-order valence-corrected chi connectivity index (χ3v) is 18.3. The lowest BCUT2D eigenvalue weighted by molar-refractivity contribution is 1.33. The third-order valence-electron chi connectivity index (χ3n) is 18.3. The highest BCUT2D eigenvalue weighted by Gasteiger charge is 2.11. The maximum atomic E-state index is 4.19. The Morgan fingerprint density at radius 2 is 0.376 bits per heavy atom. The van der Waals surface area contributed by atoms with E-state index in [-0.39, 0.29) is 0 Å². The van der Waals surface area contributed by atoms with E-state index in [1.165, 1.54) is 155 Å². The summed E-state index contributed by atoms with van der Waals surface area (Å²) >= 11 is 0. The van der Waals surface area contributed by atoms with Crippen LogP contribution in [0.1, 0.15) is 27.8 Å². The molecule has 0 aliphatic rings. The predicted octanol–water partition coefficient (Wildman–Crippen LogP) is 27.8. The summed E-state index contributed by atoms with van der Waals surface area (Å²) < 4.78 is 0. The summed E-state index contributed by atoms with van der Waals surface area (Å²) in [5.74, 6) is 0. The monoisotopic (exact) mass is 1300 g/mol. The van der Waals surface area contributed by atoms with Crippen molar-refractivity contribution in [2.45, 2.75) is 34.6 Å². The van der Waals surface area contributed by atoms with Gasteiger partial charge in [0, 0.05) is 18.0 Å². The SMILES string of the molecule is Cc1cc(-c2ccccc2)cc(-c2cccnc2)c1.Cc1ccc(-c2cc(-c3ccccc3)cc(-c3ccccc3)c2)cc1.Cc1ccc(-c2ccc(-c3ccccc3)cc2)cc1.Cc1ccc(-c2cccc(-c3ccccc3)c2)cc1.Cc1ccc2c3ccccc3c3ccccc3c2c1. The molecule has 1 nitrogen and oxygen atoms in total. The molecule has 17 rings (SSSR count). The first kappa shape index (κ1) is 67.0. The second kappa shape index (κ2) is 32.7. The van der Waals surface area contributed by atoms with Crippen LogP contribution in [0.4, 0.5) is 0 Å². The minimum Gasteiger partial charge on any atom is -0.264 e. The van der Waals surface area contributed by atoms with Gasteiger partial charge in [-0.3, -0.25) is 4.98 Å². The van der Waals surface area contributed by atoms with E-state index in [9.17, 15) is 0 Å². The molecular formula is C100H81N. The molecule has 0 amide bonds. The van der Waals surface area contributed by atoms with Crippen molar-refractivity contribution in [3.8, 4) is 100 Å². The number of hydrogen-bond acceptors (Lipinski definition) is 1. The van der Waals surface area contributed by atoms with Gasteiger partial charge in [0.25, 0.3) is 0 Å². The van der Waals surface area contributed by atoms with Crippen LogP contribution in [0.5, 0.6) is 0 Å². The van der Waals surface area contributed by atoms with E-state index >= 15 is 0 Å². The van der Waals surface area contributed by atoms with Gasteiger partial charge in [-0.25, -0.2) is 0 Å². The molecule has 16 aromatic carbocycles. The van der Waals surface area contributed by atoms with Crippen molar-refractivity contribution < 1.29 is 0 Å². The summed E-state index contributed by atoms with van der Waals surface area (Å²) in [5, 5.41) is 8.08. The lowest BCUT2D eigenvalue weighted by Gasteiger charge is -2.11. The highest BCUT2D eigenvalue weighted by atomic mass is 14.6. The van der Waals surface area contributed by atoms with Gasteiger partial charge in [-0.15, -0.1) is 0 Å². The van der Waals surface area contributed by atoms with Crippen LogP contribution in [-0.2, 0) is 0 Å². The number of pyridine rings is 1. The normalized spacial score (nSPS) is 10.6. The largest absolute Gasteiger partial charge is 0.264 e. The standard InChI is InChI=1S/C25H20.C19H14.2C19H16.C18H15N/c1-19-12-14-22(15-13-19)25-17-23(20-8-4-2-5-9-20)16-24(18-25)21-10-6-3-7-11-21;1-13-10-11-18-16-8-3-2-6-14(16)15-7-4-5-9-17(15)19(18)12-13;1-15-10-12-17(13-11-15)19-9-5-8-18(14-19)16-6-3-2-4-7-16;1-15-7-9-17(10-8-15)19-13-11-18(12-14-19)16-5-3-2-4-6-16;1-14-10-17(15-6-3-2-4-7-15)12-18(11-14)16-8-5-9-19-13-16/h2-18H,1H3;2-12H,1H3;2*2-14H,1H3;2-13H,1H3. The van der Waals surface area contributed by atoms with Crippen LogP contribution >= 0.6 is 0 Å². The Morgan fingerprint density at radius 1 is 0.139 bits per heavy atom. The highest BCUT2D eigenvalue weighted by molar-refractivity contribution is 6.25. The lowest BCUT2D eigenvalue weighted by Crippen LogP contribution is -1.86. The molecule has 0 aliphatic heterocycles. The predicted molar refractivity (Wildman–Crippen MR) is 435 cm³/mol. The van der Waals surface area contributed by atoms with Crippen molar-refractivity contribution in [3.05, 3.63) is 428 Å². The number of nitrogens with zero attached hydrogens (tertiary/aromatic N) is 1. The number of aromatic nitrogens is 1. The first-order chi connectivity index (χ1) is 49.6. The average Bonchev–Trinajstić information content (AvgIpc) is 0.747. The van der Waals surface area contributed by atoms with Crippen molar-refractivity contribution in [1.29, 1.82) is 0 Å². The first-order valence-corrected chi connectivity index (χ1v) is 34.8. The molecule has 0 N–H and O–H groups in total. The number of hydrogen-bond donors (Lipinski definition) is 0. The third kappa shape index (κ3) is 17.2. The summed E-state index contributed by atoms with van der Waals surface area (Å²) in [7, 11) is 0. The summed E-state index contributed by atoms with van der Waals surface area (Å²) in [6, 6.07) is 138. The van der Waals surface area contributed by atoms with Crippen molar-refractivity contribution in [2.24, 2.45) is 0 Å². The van der Waals surface area contributed by atoms with E-state index in [1.54, 1.807) is 6.20 Å². The van der Waals surface area contributed by atoms with Crippen LogP contribution in [0.15, 0.2) is 401 Å². The molecule has 1 heteroatoms. The van der Waals surface area contributed by atoms with Gasteiger partial charge in [-0.2, -0.15) is 0 Å². The zero-order chi connectivity index (χ0) is 69.1. The second-order valence-electron chi connectivity index (χ2n) is 25.9. The van der Waals surface area contributed by atoms with Crippen LogP contribution in [0, 0.1) is 34.6 Å². The van der Waals surface area contributed by atoms with Crippen molar-refractivity contribution in [2.75, 3.05) is 0 Å². The van der Waals surface area contributed by atoms with Gasteiger partial charge in [-0.05, 0) is 203 Å². The maximum Gasteiger partial charge on any atom is 0.0346 e. The molecule has 0 unspecified atom stereocenters. The molecule has 0 radical (unpaired) electrons. The molecule has 0 spiro atoms. The Bertz CT molecular complexity index is 5330. The smallest absolute Gasteiger partial charge is 0.0346 e. The number of aryl methyl sites for hydroxylation is 5. The summed E-state index contributed by atoms with van der Waals surface area (Å²) in [4.78, 5) is 4.19. The Balaban J connectivity index is 0.000000113. The summed E-state index contributed by atoms with van der Waals surface area (Å²) in [6.45, 7) is 10.6. The zero-order valence-corrected chi connectivity index (χ0v) is 58.1. The molecule has 0 bridgehead atoms.